The molecular weight excluding hydrogens is 905 g/mol. The predicted octanol–water partition coefficient (Wildman–Crippen LogP) is 7.52. The Hall–Kier alpha value is -5.88. The van der Waals surface area contributed by atoms with E-state index in [-0.39, 0.29) is 80.4 Å². The molecule has 14 nitrogen and oxygen atoms in total. The Labute approximate surface area is 402 Å². The van der Waals surface area contributed by atoms with Gasteiger partial charge in [0.05, 0.1) is 67.7 Å². The van der Waals surface area contributed by atoms with Crippen LogP contribution in [0.4, 0.5) is 0 Å². The smallest absolute Gasteiger partial charge is 0.243 e. The maximum Gasteiger partial charge on any atom is 0.243 e. The number of amides is 4. The third kappa shape index (κ3) is 10.8. The van der Waals surface area contributed by atoms with Crippen LogP contribution >= 0.6 is 34.0 Å². The van der Waals surface area contributed by atoms with E-state index in [2.05, 4.69) is 25.6 Å². The number of aryl methyl sites for hydroxylation is 2. The van der Waals surface area contributed by atoms with Crippen LogP contribution in [0.25, 0.3) is 20.9 Å². The molecule has 2 aliphatic heterocycles. The Morgan fingerprint density at radius 1 is 0.701 bits per heavy atom. The van der Waals surface area contributed by atoms with E-state index in [1.165, 1.54) is 16.2 Å². The summed E-state index contributed by atoms with van der Waals surface area (Å²) in [4.78, 5) is 80.1. The van der Waals surface area contributed by atoms with Crippen molar-refractivity contribution in [3.05, 3.63) is 123 Å². The lowest BCUT2D eigenvalue weighted by Gasteiger charge is -2.29. The molecule has 0 radical (unpaired) electrons. The second-order valence-electron chi connectivity index (χ2n) is 18.0. The minimum atomic E-state index is -0.852. The lowest BCUT2D eigenvalue weighted by molar-refractivity contribution is -0.140. The molecule has 6 atom stereocenters. The first-order valence-corrected chi connectivity index (χ1v) is 25.3. The van der Waals surface area contributed by atoms with Crippen molar-refractivity contribution in [1.82, 2.24) is 40.4 Å². The highest BCUT2D eigenvalue weighted by atomic mass is 32.1. The molecule has 2 aliphatic rings. The van der Waals surface area contributed by atoms with E-state index >= 15 is 0 Å². The molecule has 0 unspecified atom stereocenters. The monoisotopic (exact) mass is 960 g/mol. The zero-order chi connectivity index (χ0) is 47.4. The lowest BCUT2D eigenvalue weighted by atomic mass is 9.90. The van der Waals surface area contributed by atoms with Crippen LogP contribution in [0.15, 0.2) is 89.3 Å². The van der Waals surface area contributed by atoms with Gasteiger partial charge in [-0.2, -0.15) is 0 Å². The topological polar surface area (TPSA) is 180 Å². The zero-order valence-electron chi connectivity index (χ0n) is 38.4. The highest BCUT2D eigenvalue weighted by Crippen LogP contribution is 2.36. The van der Waals surface area contributed by atoms with Crippen molar-refractivity contribution >= 4 is 57.6 Å². The molecule has 0 bridgehead atoms. The van der Waals surface area contributed by atoms with Gasteiger partial charge < -0.3 is 30.3 Å². The first-order chi connectivity index (χ1) is 32.2. The number of β-amino-alcohol motifs (C(OH)–C–C–N with tert-alkyl or cyclic N) is 1. The van der Waals surface area contributed by atoms with Crippen molar-refractivity contribution in [2.75, 3.05) is 13.1 Å². The standard InChI is InChI=1S/C50H56N8O6S3/c1-28(2)42(38-9-7-8-18-51-38)49(62)58-24-37(20-40(58)47(61)53-22-33-12-16-35(17-13-33)45-31(6)55-27-67-45)64-41-25-65-48(56-41)43(29(3)4)50(63)57-23-36(59)19-39(57)46(60)52-21-32-10-14-34(15-11-32)44-30(5)54-26-66-44/h7-18,25-29,36-37,39-40,42-43,59H,19-24H2,1-6H3,(H,52,60)(H,53,61)/t36-,37-,39+,40+,42-,43-/m1/s1. The van der Waals surface area contributed by atoms with Crippen LogP contribution in [0.5, 0.6) is 5.88 Å². The van der Waals surface area contributed by atoms with Gasteiger partial charge in [-0.15, -0.1) is 34.0 Å². The van der Waals surface area contributed by atoms with Crippen LogP contribution in [0.1, 0.15) is 85.6 Å². The molecule has 3 N–H and O–H groups in total. The zero-order valence-corrected chi connectivity index (χ0v) is 40.9. The number of hydrogen-bond acceptors (Lipinski definition) is 13. The molecular formula is C50H56N8O6S3. The Morgan fingerprint density at radius 3 is 1.75 bits per heavy atom. The normalized spacial score (nSPS) is 19.2. The minimum Gasteiger partial charge on any atom is -0.472 e. The predicted molar refractivity (Wildman–Crippen MR) is 260 cm³/mol. The molecule has 6 aromatic rings. The van der Waals surface area contributed by atoms with E-state index in [4.69, 9.17) is 9.72 Å². The van der Waals surface area contributed by atoms with Crippen LogP contribution in [0, 0.1) is 25.7 Å². The third-order valence-electron chi connectivity index (χ3n) is 12.5. The summed E-state index contributed by atoms with van der Waals surface area (Å²) >= 11 is 4.44. The molecule has 2 fully saturated rings. The highest BCUT2D eigenvalue weighted by Gasteiger charge is 2.45. The number of aromatic nitrogens is 4. The van der Waals surface area contributed by atoms with Gasteiger partial charge in [-0.3, -0.25) is 24.2 Å². The number of carbonyl (C=O) groups is 4. The van der Waals surface area contributed by atoms with Gasteiger partial charge in [-0.25, -0.2) is 15.0 Å². The van der Waals surface area contributed by atoms with Crippen LogP contribution in [0.2, 0.25) is 0 Å². The van der Waals surface area contributed by atoms with E-state index < -0.39 is 36.1 Å². The molecule has 350 valence electrons. The summed E-state index contributed by atoms with van der Waals surface area (Å²) in [6.07, 6.45) is 0.598. The summed E-state index contributed by atoms with van der Waals surface area (Å²) in [6, 6.07) is 19.8. The largest absolute Gasteiger partial charge is 0.472 e. The summed E-state index contributed by atoms with van der Waals surface area (Å²) in [5, 5.41) is 19.1. The molecule has 0 aliphatic carbocycles. The average molecular weight is 961 g/mol. The van der Waals surface area contributed by atoms with E-state index in [9.17, 15) is 24.3 Å². The van der Waals surface area contributed by atoms with E-state index in [0.717, 1.165) is 43.4 Å². The second kappa shape index (κ2) is 21.0. The number of pyridine rings is 1. The number of benzene rings is 2. The molecule has 17 heteroatoms. The second-order valence-corrected chi connectivity index (χ2v) is 20.6. The van der Waals surface area contributed by atoms with E-state index in [0.29, 0.717) is 10.7 Å². The molecule has 0 saturated carbocycles. The van der Waals surface area contributed by atoms with Gasteiger partial charge in [0.2, 0.25) is 29.5 Å². The lowest BCUT2D eigenvalue weighted by Crippen LogP contribution is -2.48. The first kappa shape index (κ1) is 47.6. The molecule has 4 amide bonds. The first-order valence-electron chi connectivity index (χ1n) is 22.6. The van der Waals surface area contributed by atoms with E-state index in [1.807, 2.05) is 119 Å². The molecule has 0 spiro atoms. The molecule has 67 heavy (non-hydrogen) atoms. The fraction of sp³-hybridized carbons (Fsp3) is 0.400. The summed E-state index contributed by atoms with van der Waals surface area (Å²) in [5.41, 5.74) is 10.2. The van der Waals surface area contributed by atoms with Gasteiger partial charge in [-0.1, -0.05) is 82.3 Å². The van der Waals surface area contributed by atoms with Gasteiger partial charge in [-0.05, 0) is 60.1 Å². The van der Waals surface area contributed by atoms with Crippen LogP contribution in [-0.2, 0) is 32.3 Å². The molecule has 6 heterocycles. The summed E-state index contributed by atoms with van der Waals surface area (Å²) in [6.45, 7) is 12.5. The number of thiazole rings is 3. The minimum absolute atomic E-state index is 0.0287. The van der Waals surface area contributed by atoms with Gasteiger partial charge in [0.1, 0.15) is 23.2 Å². The Morgan fingerprint density at radius 2 is 1.24 bits per heavy atom. The maximum atomic E-state index is 14.5. The van der Waals surface area contributed by atoms with Gasteiger partial charge in [0.25, 0.3) is 0 Å². The quantitative estimate of drug-likeness (QED) is 0.0879. The van der Waals surface area contributed by atoms with Crippen LogP contribution in [0.3, 0.4) is 0 Å². The van der Waals surface area contributed by atoms with Crippen molar-refractivity contribution in [2.24, 2.45) is 11.8 Å². The fourth-order valence-corrected chi connectivity index (χ4v) is 11.6. The number of rotatable bonds is 16. The van der Waals surface area contributed by atoms with Crippen LogP contribution in [-0.4, -0.2) is 95.9 Å². The number of likely N-dealkylation sites (tertiary alicyclic amines) is 2. The molecule has 2 saturated heterocycles. The van der Waals surface area contributed by atoms with Crippen molar-refractivity contribution in [3.8, 4) is 26.8 Å². The number of aliphatic hydroxyl groups is 1. The Bertz CT molecular complexity index is 2670. The van der Waals surface area contributed by atoms with E-state index in [1.54, 1.807) is 39.2 Å². The number of carbonyl (C=O) groups excluding carboxylic acids is 4. The van der Waals surface area contributed by atoms with Gasteiger partial charge >= 0.3 is 0 Å². The van der Waals surface area contributed by atoms with Crippen molar-refractivity contribution < 1.29 is 29.0 Å². The number of nitrogens with zero attached hydrogens (tertiary/aromatic N) is 6. The molecule has 4 aromatic heterocycles. The number of hydrogen-bond donors (Lipinski definition) is 3. The van der Waals surface area contributed by atoms with Gasteiger partial charge in [0.15, 0.2) is 0 Å². The van der Waals surface area contributed by atoms with Crippen molar-refractivity contribution in [3.63, 3.8) is 0 Å². The molecule has 8 rings (SSSR count). The summed E-state index contributed by atoms with van der Waals surface area (Å²) < 4.78 is 6.48. The Kier molecular flexibility index (Phi) is 14.9. The third-order valence-corrected chi connectivity index (χ3v) is 15.4. The summed E-state index contributed by atoms with van der Waals surface area (Å²) in [5.74, 6) is -2.44. The van der Waals surface area contributed by atoms with Crippen molar-refractivity contribution in [2.45, 2.75) is 104 Å². The maximum absolute atomic E-state index is 14.5. The van der Waals surface area contributed by atoms with Crippen molar-refractivity contribution in [1.29, 1.82) is 0 Å². The van der Waals surface area contributed by atoms with Gasteiger partial charge in [0, 0.05) is 38.7 Å². The highest BCUT2D eigenvalue weighted by molar-refractivity contribution is 7.13. The fourth-order valence-electron chi connectivity index (χ4n) is 8.99. The SMILES string of the molecule is Cc1ncsc1-c1ccc(CNC(=O)[C@@H]2C[C@@H](Oc3csc([C@H](C(=O)N4C[C@H](O)C[C@H]4C(=O)NCc4ccc(-c5scnc5C)cc4)C(C)C)n3)CN2C(=O)[C@@H](c2ccccn2)C(C)C)cc1. The number of nitrogens with one attached hydrogen (secondary N) is 2. The number of aliphatic hydroxyl groups excluding tert-OH is 1. The summed E-state index contributed by atoms with van der Waals surface area (Å²) in [7, 11) is 0. The Balaban J connectivity index is 0.944. The number of ether oxygens (including phenoxy) is 1. The average Bonchev–Trinajstić information content (AvgIpc) is 4.18. The molecule has 2 aromatic carbocycles. The van der Waals surface area contributed by atoms with Crippen LogP contribution < -0.4 is 15.4 Å².